The van der Waals surface area contributed by atoms with E-state index in [1.807, 2.05) is 36.3 Å². The zero-order chi connectivity index (χ0) is 15.6. The maximum Gasteiger partial charge on any atom is 0.143 e. The summed E-state index contributed by atoms with van der Waals surface area (Å²) in [5.41, 5.74) is 5.13. The van der Waals surface area contributed by atoms with Crippen molar-refractivity contribution in [2.75, 3.05) is 0 Å². The van der Waals surface area contributed by atoms with Gasteiger partial charge in [-0.25, -0.2) is 0 Å². The Kier molecular flexibility index (Phi) is 4.60. The summed E-state index contributed by atoms with van der Waals surface area (Å²) in [5.74, 6) is 0.214. The van der Waals surface area contributed by atoms with Gasteiger partial charge in [-0.1, -0.05) is 6.92 Å². The minimum absolute atomic E-state index is 0.214. The van der Waals surface area contributed by atoms with E-state index in [0.29, 0.717) is 12.8 Å². The second-order valence-electron chi connectivity index (χ2n) is 5.46. The largest absolute Gasteiger partial charge is 0.299 e. The highest BCUT2D eigenvalue weighted by Gasteiger charge is 2.16. The lowest BCUT2D eigenvalue weighted by atomic mass is 10.0. The number of Topliss-reactive ketones (excluding diaryl/α,β-unsaturated/α-hetero) is 1. The first kappa shape index (κ1) is 15.5. The third-order valence-corrected chi connectivity index (χ3v) is 3.99. The van der Waals surface area contributed by atoms with Gasteiger partial charge in [0.15, 0.2) is 0 Å². The zero-order valence-electron chi connectivity index (χ0n) is 13.6. The summed E-state index contributed by atoms with van der Waals surface area (Å²) in [7, 11) is 1.91. The molecular formula is C16H24N4O. The summed E-state index contributed by atoms with van der Waals surface area (Å²) in [5, 5.41) is 8.86. The maximum atomic E-state index is 12.4. The van der Waals surface area contributed by atoms with Gasteiger partial charge in [-0.3, -0.25) is 14.2 Å². The van der Waals surface area contributed by atoms with Crippen molar-refractivity contribution in [2.45, 2.75) is 53.5 Å². The van der Waals surface area contributed by atoms with Crippen LogP contribution in [0.1, 0.15) is 42.2 Å². The molecule has 0 atom stereocenters. The molecular weight excluding hydrogens is 264 g/mol. The SMILES string of the molecule is CCc1cc(CC(=O)Cc2c(C)nn(C)c2C)n(CC)n1. The quantitative estimate of drug-likeness (QED) is 0.818. The smallest absolute Gasteiger partial charge is 0.143 e. The minimum Gasteiger partial charge on any atom is -0.299 e. The number of aromatic nitrogens is 4. The summed E-state index contributed by atoms with van der Waals surface area (Å²) in [6.45, 7) is 8.90. The molecule has 0 fully saturated rings. The molecule has 2 heterocycles. The summed E-state index contributed by atoms with van der Waals surface area (Å²) in [4.78, 5) is 12.4. The van der Waals surface area contributed by atoms with E-state index in [9.17, 15) is 4.79 Å². The lowest BCUT2D eigenvalue weighted by Gasteiger charge is -2.05. The van der Waals surface area contributed by atoms with Gasteiger partial charge in [-0.05, 0) is 33.3 Å². The lowest BCUT2D eigenvalue weighted by Crippen LogP contribution is -2.12. The molecule has 0 saturated carbocycles. The number of hydrogen-bond acceptors (Lipinski definition) is 3. The minimum atomic E-state index is 0.214. The van der Waals surface area contributed by atoms with Crippen LogP contribution in [0.15, 0.2) is 6.07 Å². The second kappa shape index (κ2) is 6.24. The van der Waals surface area contributed by atoms with E-state index in [4.69, 9.17) is 0 Å². The normalized spacial score (nSPS) is 11.1. The molecule has 5 nitrogen and oxygen atoms in total. The predicted molar refractivity (Wildman–Crippen MR) is 82.4 cm³/mol. The third kappa shape index (κ3) is 3.23. The Bertz CT molecular complexity index is 652. The maximum absolute atomic E-state index is 12.4. The van der Waals surface area contributed by atoms with Gasteiger partial charge in [0.05, 0.1) is 11.4 Å². The van der Waals surface area contributed by atoms with Gasteiger partial charge in [0, 0.05) is 43.4 Å². The molecule has 2 aromatic heterocycles. The van der Waals surface area contributed by atoms with Gasteiger partial charge in [0.1, 0.15) is 5.78 Å². The molecule has 5 heteroatoms. The molecule has 114 valence electrons. The highest BCUT2D eigenvalue weighted by atomic mass is 16.1. The van der Waals surface area contributed by atoms with Gasteiger partial charge in [0.25, 0.3) is 0 Å². The molecule has 0 radical (unpaired) electrons. The molecule has 0 aromatic carbocycles. The molecule has 0 N–H and O–H groups in total. The Morgan fingerprint density at radius 2 is 1.90 bits per heavy atom. The number of carbonyl (C=O) groups excluding carboxylic acids is 1. The monoisotopic (exact) mass is 288 g/mol. The van der Waals surface area contributed by atoms with Gasteiger partial charge in [-0.2, -0.15) is 10.2 Å². The fraction of sp³-hybridized carbons (Fsp3) is 0.562. The number of ketones is 1. The average molecular weight is 288 g/mol. The fourth-order valence-corrected chi connectivity index (χ4v) is 2.64. The van der Waals surface area contributed by atoms with Crippen LogP contribution in [0.3, 0.4) is 0 Å². The fourth-order valence-electron chi connectivity index (χ4n) is 2.64. The van der Waals surface area contributed by atoms with Crippen LogP contribution < -0.4 is 0 Å². The Morgan fingerprint density at radius 3 is 2.43 bits per heavy atom. The summed E-state index contributed by atoms with van der Waals surface area (Å²) in [6, 6.07) is 2.05. The van der Waals surface area contributed by atoms with Crippen molar-refractivity contribution in [1.29, 1.82) is 0 Å². The number of carbonyl (C=O) groups is 1. The lowest BCUT2D eigenvalue weighted by molar-refractivity contribution is -0.117. The molecule has 0 aliphatic heterocycles. The van der Waals surface area contributed by atoms with E-state index in [-0.39, 0.29) is 5.78 Å². The molecule has 0 unspecified atom stereocenters. The van der Waals surface area contributed by atoms with Crippen LogP contribution in [-0.2, 0) is 37.6 Å². The van der Waals surface area contributed by atoms with Gasteiger partial charge < -0.3 is 0 Å². The van der Waals surface area contributed by atoms with Crippen molar-refractivity contribution in [3.05, 3.63) is 34.4 Å². The first-order chi connectivity index (χ1) is 9.96. The summed E-state index contributed by atoms with van der Waals surface area (Å²) in [6.07, 6.45) is 1.78. The third-order valence-electron chi connectivity index (χ3n) is 3.99. The van der Waals surface area contributed by atoms with Gasteiger partial charge in [0.2, 0.25) is 0 Å². The van der Waals surface area contributed by atoms with Crippen LogP contribution in [0.2, 0.25) is 0 Å². The standard InChI is InChI=1S/C16H24N4O/c1-6-13-8-14(20(7-2)18-13)9-15(21)10-16-11(3)17-19(5)12(16)4/h8H,6-7,9-10H2,1-5H3. The molecule has 0 bridgehead atoms. The first-order valence-corrected chi connectivity index (χ1v) is 7.52. The van der Waals surface area contributed by atoms with Crippen LogP contribution in [0.25, 0.3) is 0 Å². The van der Waals surface area contributed by atoms with Crippen molar-refractivity contribution in [1.82, 2.24) is 19.6 Å². The van der Waals surface area contributed by atoms with E-state index in [2.05, 4.69) is 24.0 Å². The van der Waals surface area contributed by atoms with Crippen LogP contribution in [-0.4, -0.2) is 25.3 Å². The van der Waals surface area contributed by atoms with Gasteiger partial charge >= 0.3 is 0 Å². The van der Waals surface area contributed by atoms with Crippen LogP contribution in [0, 0.1) is 13.8 Å². The van der Waals surface area contributed by atoms with Crippen LogP contribution in [0.5, 0.6) is 0 Å². The number of nitrogens with zero attached hydrogens (tertiary/aromatic N) is 4. The van der Waals surface area contributed by atoms with Crippen LogP contribution in [0.4, 0.5) is 0 Å². The average Bonchev–Trinajstić information content (AvgIpc) is 2.95. The van der Waals surface area contributed by atoms with Crippen molar-refractivity contribution < 1.29 is 4.79 Å². The van der Waals surface area contributed by atoms with E-state index in [1.54, 1.807) is 0 Å². The topological polar surface area (TPSA) is 52.7 Å². The van der Waals surface area contributed by atoms with E-state index in [1.165, 1.54) is 0 Å². The molecule has 0 amide bonds. The van der Waals surface area contributed by atoms with Gasteiger partial charge in [-0.15, -0.1) is 0 Å². The van der Waals surface area contributed by atoms with Crippen molar-refractivity contribution >= 4 is 5.78 Å². The molecule has 2 aromatic rings. The Hall–Kier alpha value is -1.91. The highest BCUT2D eigenvalue weighted by molar-refractivity contribution is 5.83. The molecule has 21 heavy (non-hydrogen) atoms. The number of rotatable bonds is 6. The van der Waals surface area contributed by atoms with Crippen molar-refractivity contribution in [3.8, 4) is 0 Å². The Balaban J connectivity index is 2.13. The van der Waals surface area contributed by atoms with E-state index >= 15 is 0 Å². The van der Waals surface area contributed by atoms with E-state index in [0.717, 1.165) is 41.3 Å². The zero-order valence-corrected chi connectivity index (χ0v) is 13.6. The second-order valence-corrected chi connectivity index (χ2v) is 5.46. The molecule has 0 spiro atoms. The van der Waals surface area contributed by atoms with Crippen LogP contribution >= 0.6 is 0 Å². The van der Waals surface area contributed by atoms with E-state index < -0.39 is 0 Å². The Labute approximate surface area is 126 Å². The molecule has 0 aliphatic carbocycles. The molecule has 0 saturated heterocycles. The molecule has 0 aliphatic rings. The van der Waals surface area contributed by atoms with Crippen molar-refractivity contribution in [3.63, 3.8) is 0 Å². The number of hydrogen-bond donors (Lipinski definition) is 0. The highest BCUT2D eigenvalue weighted by Crippen LogP contribution is 2.15. The summed E-state index contributed by atoms with van der Waals surface area (Å²) < 4.78 is 3.77. The van der Waals surface area contributed by atoms with Crippen molar-refractivity contribution in [2.24, 2.45) is 7.05 Å². The Morgan fingerprint density at radius 1 is 1.19 bits per heavy atom. The first-order valence-electron chi connectivity index (χ1n) is 7.52. The number of aryl methyl sites for hydroxylation is 4. The predicted octanol–water partition coefficient (Wildman–Crippen LogP) is 2.17. The molecule has 2 rings (SSSR count). The summed E-state index contributed by atoms with van der Waals surface area (Å²) >= 11 is 0.